The van der Waals surface area contributed by atoms with Crippen molar-refractivity contribution >= 4 is 21.8 Å². The van der Waals surface area contributed by atoms with Crippen molar-refractivity contribution in [1.82, 2.24) is 4.90 Å². The van der Waals surface area contributed by atoms with Gasteiger partial charge in [-0.25, -0.2) is 0 Å². The van der Waals surface area contributed by atoms with Crippen LogP contribution in [0.15, 0.2) is 25.3 Å². The summed E-state index contributed by atoms with van der Waals surface area (Å²) < 4.78 is -0.515. The van der Waals surface area contributed by atoms with Crippen molar-refractivity contribution in [2.75, 3.05) is 13.1 Å². The fourth-order valence-corrected chi connectivity index (χ4v) is 1.18. The van der Waals surface area contributed by atoms with Crippen LogP contribution in [0.25, 0.3) is 0 Å². The second-order valence-electron chi connectivity index (χ2n) is 3.26. The lowest BCUT2D eigenvalue weighted by atomic mass is 10.2. The van der Waals surface area contributed by atoms with E-state index in [9.17, 15) is 4.79 Å². The normalized spacial score (nSPS) is 10.7. The summed E-state index contributed by atoms with van der Waals surface area (Å²) in [5.74, 6) is 0.0484. The van der Waals surface area contributed by atoms with E-state index in [-0.39, 0.29) is 5.91 Å². The summed E-state index contributed by atoms with van der Waals surface area (Å²) in [5, 5.41) is 0. The summed E-state index contributed by atoms with van der Waals surface area (Å²) in [4.78, 5) is 13.4. The van der Waals surface area contributed by atoms with Gasteiger partial charge < -0.3 is 4.90 Å². The van der Waals surface area contributed by atoms with E-state index in [2.05, 4.69) is 29.1 Å². The second kappa shape index (κ2) is 5.22. The Bertz CT molecular complexity index is 195. The SMILES string of the molecule is C=CCN(CC=C)C(=O)C(C)(C)Br. The van der Waals surface area contributed by atoms with E-state index in [4.69, 9.17) is 0 Å². The highest BCUT2D eigenvalue weighted by molar-refractivity contribution is 9.10. The first kappa shape index (κ1) is 12.4. The van der Waals surface area contributed by atoms with Gasteiger partial charge in [0.15, 0.2) is 0 Å². The molecule has 0 aromatic carbocycles. The molecule has 0 heterocycles. The summed E-state index contributed by atoms with van der Waals surface area (Å²) in [6, 6.07) is 0. The van der Waals surface area contributed by atoms with Gasteiger partial charge in [0.05, 0.1) is 4.32 Å². The molecule has 0 rings (SSSR count). The molecule has 1 amide bonds. The molecule has 0 unspecified atom stereocenters. The zero-order valence-electron chi connectivity index (χ0n) is 8.22. The Balaban J connectivity index is 4.44. The number of hydrogen-bond acceptors (Lipinski definition) is 1. The highest BCUT2D eigenvalue weighted by atomic mass is 79.9. The summed E-state index contributed by atoms with van der Waals surface area (Å²) >= 11 is 3.32. The first-order valence-corrected chi connectivity index (χ1v) is 4.93. The van der Waals surface area contributed by atoms with Crippen LogP contribution in [0.1, 0.15) is 13.8 Å². The molecule has 0 aromatic heterocycles. The topological polar surface area (TPSA) is 20.3 Å². The van der Waals surface area contributed by atoms with Crippen LogP contribution < -0.4 is 0 Å². The minimum absolute atomic E-state index is 0.0484. The van der Waals surface area contributed by atoms with E-state index in [1.807, 2.05) is 13.8 Å². The van der Waals surface area contributed by atoms with Crippen LogP contribution in [0.4, 0.5) is 0 Å². The maximum absolute atomic E-state index is 11.7. The maximum atomic E-state index is 11.7. The van der Waals surface area contributed by atoms with Crippen LogP contribution in [0.5, 0.6) is 0 Å². The standard InChI is InChI=1S/C10H16BrNO/c1-5-7-12(8-6-2)9(13)10(3,4)11/h5-6H,1-2,7-8H2,3-4H3. The summed E-state index contributed by atoms with van der Waals surface area (Å²) in [7, 11) is 0. The lowest BCUT2D eigenvalue weighted by Crippen LogP contribution is -2.41. The Hall–Kier alpha value is -0.570. The lowest BCUT2D eigenvalue weighted by molar-refractivity contribution is -0.131. The molecule has 0 radical (unpaired) electrons. The van der Waals surface area contributed by atoms with Gasteiger partial charge in [-0.1, -0.05) is 28.1 Å². The van der Waals surface area contributed by atoms with E-state index < -0.39 is 4.32 Å². The molecule has 0 aliphatic heterocycles. The van der Waals surface area contributed by atoms with Gasteiger partial charge in [0.2, 0.25) is 5.91 Å². The highest BCUT2D eigenvalue weighted by Gasteiger charge is 2.27. The van der Waals surface area contributed by atoms with Crippen molar-refractivity contribution in [3.8, 4) is 0 Å². The largest absolute Gasteiger partial charge is 0.334 e. The minimum Gasteiger partial charge on any atom is -0.334 e. The molecule has 0 aliphatic rings. The second-order valence-corrected chi connectivity index (χ2v) is 5.24. The fourth-order valence-electron chi connectivity index (χ4n) is 0.928. The molecule has 0 atom stereocenters. The van der Waals surface area contributed by atoms with Gasteiger partial charge in [0.25, 0.3) is 0 Å². The molecule has 0 fully saturated rings. The Morgan fingerprint density at radius 1 is 1.38 bits per heavy atom. The van der Waals surface area contributed by atoms with Crippen molar-refractivity contribution < 1.29 is 4.79 Å². The van der Waals surface area contributed by atoms with Gasteiger partial charge in [0.1, 0.15) is 0 Å². The Morgan fingerprint density at radius 3 is 2.00 bits per heavy atom. The molecule has 0 spiro atoms. The third-order valence-corrected chi connectivity index (χ3v) is 1.83. The average Bonchev–Trinajstić information content (AvgIpc) is 2.01. The van der Waals surface area contributed by atoms with Crippen LogP contribution in [-0.2, 0) is 4.79 Å². The number of amides is 1. The van der Waals surface area contributed by atoms with Crippen molar-refractivity contribution in [2.24, 2.45) is 0 Å². The number of rotatable bonds is 5. The Kier molecular flexibility index (Phi) is 4.99. The van der Waals surface area contributed by atoms with Crippen molar-refractivity contribution in [2.45, 2.75) is 18.2 Å². The van der Waals surface area contributed by atoms with Crippen LogP contribution in [0, 0.1) is 0 Å². The molecule has 2 nitrogen and oxygen atoms in total. The van der Waals surface area contributed by atoms with E-state index in [0.717, 1.165) is 0 Å². The smallest absolute Gasteiger partial charge is 0.239 e. The molecule has 0 N–H and O–H groups in total. The number of halogens is 1. The van der Waals surface area contributed by atoms with Gasteiger partial charge in [-0.2, -0.15) is 0 Å². The summed E-state index contributed by atoms with van der Waals surface area (Å²) in [6.07, 6.45) is 3.42. The molecule has 0 aromatic rings. The van der Waals surface area contributed by atoms with Crippen molar-refractivity contribution in [1.29, 1.82) is 0 Å². The van der Waals surface area contributed by atoms with Gasteiger partial charge in [-0.15, -0.1) is 13.2 Å². The van der Waals surface area contributed by atoms with Gasteiger partial charge >= 0.3 is 0 Å². The van der Waals surface area contributed by atoms with E-state index >= 15 is 0 Å². The zero-order chi connectivity index (χ0) is 10.5. The Labute approximate surface area is 88.4 Å². The van der Waals surface area contributed by atoms with E-state index in [0.29, 0.717) is 13.1 Å². The van der Waals surface area contributed by atoms with Crippen LogP contribution in [0.3, 0.4) is 0 Å². The van der Waals surface area contributed by atoms with Gasteiger partial charge in [-0.05, 0) is 13.8 Å². The predicted octanol–water partition coefficient (Wildman–Crippen LogP) is 2.36. The van der Waals surface area contributed by atoms with Gasteiger partial charge in [-0.3, -0.25) is 4.79 Å². The number of carbonyl (C=O) groups excluding carboxylic acids is 1. The minimum atomic E-state index is -0.515. The number of nitrogens with zero attached hydrogens (tertiary/aromatic N) is 1. The van der Waals surface area contributed by atoms with Crippen molar-refractivity contribution in [3.05, 3.63) is 25.3 Å². The van der Waals surface area contributed by atoms with Crippen LogP contribution in [-0.4, -0.2) is 28.2 Å². The molecule has 74 valence electrons. The van der Waals surface area contributed by atoms with Crippen LogP contribution >= 0.6 is 15.9 Å². The fraction of sp³-hybridized carbons (Fsp3) is 0.500. The predicted molar refractivity (Wildman–Crippen MR) is 60.0 cm³/mol. The third-order valence-electron chi connectivity index (χ3n) is 1.49. The maximum Gasteiger partial charge on any atom is 0.239 e. The van der Waals surface area contributed by atoms with E-state index in [1.165, 1.54) is 0 Å². The molecule has 0 aliphatic carbocycles. The first-order valence-electron chi connectivity index (χ1n) is 4.13. The molecular formula is C10H16BrNO. The average molecular weight is 246 g/mol. The summed E-state index contributed by atoms with van der Waals surface area (Å²) in [5.41, 5.74) is 0. The summed E-state index contributed by atoms with van der Waals surface area (Å²) in [6.45, 7) is 12.0. The number of hydrogen-bond donors (Lipinski definition) is 0. The Morgan fingerprint density at radius 2 is 1.77 bits per heavy atom. The monoisotopic (exact) mass is 245 g/mol. The zero-order valence-corrected chi connectivity index (χ0v) is 9.80. The first-order chi connectivity index (χ1) is 5.93. The van der Waals surface area contributed by atoms with Gasteiger partial charge in [0, 0.05) is 13.1 Å². The molecule has 13 heavy (non-hydrogen) atoms. The highest BCUT2D eigenvalue weighted by Crippen LogP contribution is 2.19. The number of alkyl halides is 1. The van der Waals surface area contributed by atoms with E-state index in [1.54, 1.807) is 17.1 Å². The van der Waals surface area contributed by atoms with Crippen LogP contribution in [0.2, 0.25) is 0 Å². The molecule has 3 heteroatoms. The third kappa shape index (κ3) is 4.27. The quantitative estimate of drug-likeness (QED) is 0.538. The lowest BCUT2D eigenvalue weighted by Gasteiger charge is -2.26. The molecular weight excluding hydrogens is 230 g/mol. The van der Waals surface area contributed by atoms with Crippen molar-refractivity contribution in [3.63, 3.8) is 0 Å². The molecule has 0 saturated carbocycles. The molecule has 0 saturated heterocycles. The molecule has 0 bridgehead atoms. The number of carbonyl (C=O) groups is 1.